The van der Waals surface area contributed by atoms with Crippen LogP contribution in [0, 0.1) is 6.92 Å². The van der Waals surface area contributed by atoms with Crippen LogP contribution in [0.15, 0.2) is 29.6 Å². The van der Waals surface area contributed by atoms with Gasteiger partial charge in [-0.3, -0.25) is 4.79 Å². The Labute approximate surface area is 140 Å². The van der Waals surface area contributed by atoms with Crippen LogP contribution in [0.4, 0.5) is 0 Å². The molecule has 0 aliphatic heterocycles. The number of aliphatic hydroxyl groups excluding tert-OH is 1. The molecular formula is C17H22N2O3S. The molecule has 1 aromatic carbocycles. The zero-order valence-corrected chi connectivity index (χ0v) is 14.5. The molecule has 6 heteroatoms. The highest BCUT2D eigenvalue weighted by atomic mass is 32.1. The van der Waals surface area contributed by atoms with E-state index in [9.17, 15) is 9.90 Å². The van der Waals surface area contributed by atoms with E-state index in [0.717, 1.165) is 5.01 Å². The van der Waals surface area contributed by atoms with Crippen LogP contribution in [0.2, 0.25) is 0 Å². The molecule has 1 unspecified atom stereocenters. The average molecular weight is 334 g/mol. The summed E-state index contributed by atoms with van der Waals surface area (Å²) in [6, 6.07) is 8.29. The SMILES string of the molecule is COCC(O)CN(C)C(=O)c1csc(Cc2ccc(C)cc2)n1. The monoisotopic (exact) mass is 334 g/mol. The first-order valence-electron chi connectivity index (χ1n) is 7.42. The highest BCUT2D eigenvalue weighted by Gasteiger charge is 2.18. The van der Waals surface area contributed by atoms with Gasteiger partial charge < -0.3 is 14.7 Å². The number of thiazole rings is 1. The van der Waals surface area contributed by atoms with Crippen molar-refractivity contribution in [3.63, 3.8) is 0 Å². The second-order valence-electron chi connectivity index (χ2n) is 5.58. The third-order valence-corrected chi connectivity index (χ3v) is 4.29. The molecule has 124 valence electrons. The molecule has 2 aromatic rings. The van der Waals surface area contributed by atoms with Gasteiger partial charge in [0.2, 0.25) is 0 Å². The van der Waals surface area contributed by atoms with E-state index in [4.69, 9.17) is 4.74 Å². The molecule has 0 aliphatic rings. The van der Waals surface area contributed by atoms with Crippen molar-refractivity contribution in [3.05, 3.63) is 51.5 Å². The molecule has 5 nitrogen and oxygen atoms in total. The van der Waals surface area contributed by atoms with E-state index in [-0.39, 0.29) is 19.1 Å². The van der Waals surface area contributed by atoms with Crippen molar-refractivity contribution in [3.8, 4) is 0 Å². The van der Waals surface area contributed by atoms with Gasteiger partial charge in [0.05, 0.1) is 17.7 Å². The van der Waals surface area contributed by atoms with E-state index in [1.165, 1.54) is 34.5 Å². The van der Waals surface area contributed by atoms with Crippen molar-refractivity contribution >= 4 is 17.2 Å². The third kappa shape index (κ3) is 5.13. The van der Waals surface area contributed by atoms with Crippen LogP contribution in [-0.2, 0) is 11.2 Å². The second-order valence-corrected chi connectivity index (χ2v) is 6.53. The minimum absolute atomic E-state index is 0.188. The lowest BCUT2D eigenvalue weighted by molar-refractivity contribution is 0.0378. The summed E-state index contributed by atoms with van der Waals surface area (Å²) in [7, 11) is 3.17. The number of carbonyl (C=O) groups excluding carboxylic acids is 1. The van der Waals surface area contributed by atoms with E-state index < -0.39 is 6.10 Å². The molecule has 1 heterocycles. The van der Waals surface area contributed by atoms with Gasteiger partial charge in [-0.05, 0) is 12.5 Å². The largest absolute Gasteiger partial charge is 0.389 e. The molecule has 0 saturated carbocycles. The molecule has 0 radical (unpaired) electrons. The lowest BCUT2D eigenvalue weighted by Crippen LogP contribution is -2.36. The number of nitrogens with zero attached hydrogens (tertiary/aromatic N) is 2. The number of methoxy groups -OCH3 is 1. The maximum atomic E-state index is 12.3. The maximum Gasteiger partial charge on any atom is 0.273 e. The van der Waals surface area contributed by atoms with Crippen molar-refractivity contribution < 1.29 is 14.6 Å². The van der Waals surface area contributed by atoms with Crippen molar-refractivity contribution in [1.82, 2.24) is 9.88 Å². The molecule has 0 bridgehead atoms. The highest BCUT2D eigenvalue weighted by molar-refractivity contribution is 7.09. The summed E-state index contributed by atoms with van der Waals surface area (Å²) in [6.07, 6.45) is 0.0217. The Morgan fingerprint density at radius 3 is 2.74 bits per heavy atom. The van der Waals surface area contributed by atoms with Gasteiger partial charge in [-0.1, -0.05) is 29.8 Å². The van der Waals surface area contributed by atoms with Crippen molar-refractivity contribution in [2.45, 2.75) is 19.4 Å². The summed E-state index contributed by atoms with van der Waals surface area (Å²) in [5.41, 5.74) is 2.82. The molecule has 0 saturated heterocycles. The average Bonchev–Trinajstić information content (AvgIpc) is 2.97. The highest BCUT2D eigenvalue weighted by Crippen LogP contribution is 2.16. The molecule has 0 aliphatic carbocycles. The van der Waals surface area contributed by atoms with Crippen molar-refractivity contribution in [2.24, 2.45) is 0 Å². The molecular weight excluding hydrogens is 312 g/mol. The Hall–Kier alpha value is -1.76. The van der Waals surface area contributed by atoms with Gasteiger partial charge in [-0.2, -0.15) is 0 Å². The fourth-order valence-corrected chi connectivity index (χ4v) is 3.01. The first-order chi connectivity index (χ1) is 11.0. The summed E-state index contributed by atoms with van der Waals surface area (Å²) < 4.78 is 4.87. The molecule has 2 rings (SSSR count). The van der Waals surface area contributed by atoms with Gasteiger partial charge in [0.1, 0.15) is 5.69 Å². The quantitative estimate of drug-likeness (QED) is 0.842. The van der Waals surface area contributed by atoms with Crippen molar-refractivity contribution in [1.29, 1.82) is 0 Å². The number of ether oxygens (including phenoxy) is 1. The second kappa shape index (κ2) is 8.19. The Bertz CT molecular complexity index is 640. The number of hydrogen-bond donors (Lipinski definition) is 1. The Kier molecular flexibility index (Phi) is 6.27. The third-order valence-electron chi connectivity index (χ3n) is 3.44. The summed E-state index contributed by atoms with van der Waals surface area (Å²) >= 11 is 1.48. The van der Waals surface area contributed by atoms with Gasteiger partial charge in [-0.15, -0.1) is 11.3 Å². The van der Waals surface area contributed by atoms with Gasteiger partial charge in [0.25, 0.3) is 5.91 Å². The molecule has 1 N–H and O–H groups in total. The van der Waals surface area contributed by atoms with Crippen molar-refractivity contribution in [2.75, 3.05) is 27.3 Å². The van der Waals surface area contributed by atoms with E-state index >= 15 is 0 Å². The first-order valence-corrected chi connectivity index (χ1v) is 8.30. The van der Waals surface area contributed by atoms with Crippen LogP contribution >= 0.6 is 11.3 Å². The van der Waals surface area contributed by atoms with Crippen LogP contribution in [0.25, 0.3) is 0 Å². The topological polar surface area (TPSA) is 62.7 Å². The number of carbonyl (C=O) groups is 1. The number of aromatic nitrogens is 1. The van der Waals surface area contributed by atoms with E-state index in [0.29, 0.717) is 12.1 Å². The molecule has 0 spiro atoms. The van der Waals surface area contributed by atoms with Crippen LogP contribution < -0.4 is 0 Å². The van der Waals surface area contributed by atoms with Gasteiger partial charge in [0, 0.05) is 32.5 Å². The fraction of sp³-hybridized carbons (Fsp3) is 0.412. The molecule has 1 atom stereocenters. The fourth-order valence-electron chi connectivity index (χ4n) is 2.21. The molecule has 23 heavy (non-hydrogen) atoms. The smallest absolute Gasteiger partial charge is 0.273 e. The van der Waals surface area contributed by atoms with Crippen LogP contribution in [0.1, 0.15) is 26.6 Å². The van der Waals surface area contributed by atoms with Gasteiger partial charge in [0.15, 0.2) is 0 Å². The minimum atomic E-state index is -0.695. The minimum Gasteiger partial charge on any atom is -0.389 e. The maximum absolute atomic E-state index is 12.3. The number of amides is 1. The lowest BCUT2D eigenvalue weighted by Gasteiger charge is -2.19. The summed E-state index contributed by atoms with van der Waals surface area (Å²) in [5, 5.41) is 12.4. The number of likely N-dealkylation sites (N-methyl/N-ethyl adjacent to an activating group) is 1. The van der Waals surface area contributed by atoms with E-state index in [2.05, 4.69) is 36.2 Å². The van der Waals surface area contributed by atoms with Gasteiger partial charge >= 0.3 is 0 Å². The number of rotatable bonds is 7. The van der Waals surface area contributed by atoms with Crippen LogP contribution in [-0.4, -0.2) is 54.3 Å². The zero-order valence-electron chi connectivity index (χ0n) is 13.7. The van der Waals surface area contributed by atoms with E-state index in [1.807, 2.05) is 0 Å². The standard InChI is InChI=1S/C17H22N2O3S/c1-12-4-6-13(7-5-12)8-16-18-15(11-23-16)17(21)19(2)9-14(20)10-22-3/h4-7,11,14,20H,8-10H2,1-3H3. The van der Waals surface area contributed by atoms with Crippen LogP contribution in [0.3, 0.4) is 0 Å². The number of hydrogen-bond acceptors (Lipinski definition) is 5. The predicted molar refractivity (Wildman–Crippen MR) is 90.9 cm³/mol. The Balaban J connectivity index is 1.97. The number of benzene rings is 1. The lowest BCUT2D eigenvalue weighted by atomic mass is 10.1. The van der Waals surface area contributed by atoms with Crippen LogP contribution in [0.5, 0.6) is 0 Å². The zero-order chi connectivity index (χ0) is 16.8. The molecule has 1 aromatic heterocycles. The van der Waals surface area contributed by atoms with Gasteiger partial charge in [-0.25, -0.2) is 4.98 Å². The Morgan fingerprint density at radius 1 is 1.39 bits per heavy atom. The normalized spacial score (nSPS) is 12.2. The molecule has 0 fully saturated rings. The summed E-state index contributed by atoms with van der Waals surface area (Å²) in [4.78, 5) is 18.2. The number of aliphatic hydroxyl groups is 1. The summed E-state index contributed by atoms with van der Waals surface area (Å²) in [6.45, 7) is 2.47. The predicted octanol–water partition coefficient (Wildman–Crippen LogP) is 2.12. The number of aryl methyl sites for hydroxylation is 1. The molecule has 1 amide bonds. The van der Waals surface area contributed by atoms with E-state index in [1.54, 1.807) is 12.4 Å². The first kappa shape index (κ1) is 17.6. The Morgan fingerprint density at radius 2 is 2.09 bits per heavy atom. The summed E-state index contributed by atoms with van der Waals surface area (Å²) in [5.74, 6) is -0.188.